The van der Waals surface area contributed by atoms with Gasteiger partial charge in [-0.05, 0) is 60.7 Å². The zero-order chi connectivity index (χ0) is 24.7. The fourth-order valence-electron chi connectivity index (χ4n) is 4.68. The van der Waals surface area contributed by atoms with Gasteiger partial charge in [-0.3, -0.25) is 9.36 Å². The molecule has 1 aliphatic carbocycles. The molecule has 0 unspecified atom stereocenters. The Morgan fingerprint density at radius 1 is 0.917 bits per heavy atom. The van der Waals surface area contributed by atoms with Crippen molar-refractivity contribution in [2.24, 2.45) is 0 Å². The monoisotopic (exact) mass is 516 g/mol. The molecule has 7 heteroatoms. The van der Waals surface area contributed by atoms with Gasteiger partial charge in [-0.25, -0.2) is 0 Å². The molecule has 36 heavy (non-hydrogen) atoms. The fourth-order valence-corrected chi connectivity index (χ4v) is 5.68. The van der Waals surface area contributed by atoms with Gasteiger partial charge < -0.3 is 5.32 Å². The van der Waals surface area contributed by atoms with Crippen molar-refractivity contribution < 1.29 is 4.79 Å². The summed E-state index contributed by atoms with van der Waals surface area (Å²) in [6.07, 6.45) is 6.47. The third-order valence-electron chi connectivity index (χ3n) is 6.65. The summed E-state index contributed by atoms with van der Waals surface area (Å²) in [6.45, 7) is 0.487. The van der Waals surface area contributed by atoms with E-state index < -0.39 is 0 Å². The number of rotatable bonds is 9. The van der Waals surface area contributed by atoms with Crippen LogP contribution in [0.4, 0.5) is 5.69 Å². The van der Waals surface area contributed by atoms with Crippen molar-refractivity contribution in [1.82, 2.24) is 14.8 Å². The van der Waals surface area contributed by atoms with Gasteiger partial charge in [0.1, 0.15) is 0 Å². The Morgan fingerprint density at radius 2 is 1.64 bits per heavy atom. The molecule has 5 rings (SSSR count). The molecule has 1 aliphatic rings. The molecule has 1 N–H and O–H groups in total. The van der Waals surface area contributed by atoms with Crippen LogP contribution in [0.5, 0.6) is 0 Å². The number of ketones is 1. The first-order chi connectivity index (χ1) is 17.7. The Morgan fingerprint density at radius 3 is 2.36 bits per heavy atom. The van der Waals surface area contributed by atoms with Crippen molar-refractivity contribution in [2.45, 2.75) is 49.7 Å². The van der Waals surface area contributed by atoms with Gasteiger partial charge in [0.2, 0.25) is 0 Å². The third kappa shape index (κ3) is 6.00. The molecule has 184 valence electrons. The van der Waals surface area contributed by atoms with Crippen LogP contribution < -0.4 is 5.32 Å². The van der Waals surface area contributed by atoms with Gasteiger partial charge in [0, 0.05) is 22.0 Å². The normalized spacial score (nSPS) is 14.0. The summed E-state index contributed by atoms with van der Waals surface area (Å²) in [4.78, 5) is 13.0. The standard InChI is InChI=1S/C29H29ClN4OS/c30-24-15-17-25(18-16-24)31-19-28-32-33-29(34(28)26-9-5-2-6-10-26)36-20-27(35)23-13-11-22(12-14-23)21-7-3-1-4-8-21/h2,5-6,9-18,21,31H,1,3-4,7-8,19-20H2. The summed E-state index contributed by atoms with van der Waals surface area (Å²) in [5.74, 6) is 1.81. The maximum absolute atomic E-state index is 13.0. The van der Waals surface area contributed by atoms with E-state index >= 15 is 0 Å². The molecule has 0 atom stereocenters. The van der Waals surface area contributed by atoms with Crippen molar-refractivity contribution in [1.29, 1.82) is 0 Å². The molecule has 0 saturated heterocycles. The van der Waals surface area contributed by atoms with Crippen molar-refractivity contribution in [3.8, 4) is 5.69 Å². The second-order valence-electron chi connectivity index (χ2n) is 9.10. The van der Waals surface area contributed by atoms with E-state index in [1.165, 1.54) is 49.4 Å². The zero-order valence-corrected chi connectivity index (χ0v) is 21.6. The molecule has 5 nitrogen and oxygen atoms in total. The van der Waals surface area contributed by atoms with E-state index in [-0.39, 0.29) is 5.78 Å². The molecule has 1 aromatic heterocycles. The second kappa shape index (κ2) is 11.8. The molecule has 3 aromatic carbocycles. The molecule has 1 heterocycles. The molecule has 1 fully saturated rings. The number of carbonyl (C=O) groups excluding carboxylic acids is 1. The SMILES string of the molecule is O=C(CSc1nnc(CNc2ccc(Cl)cc2)n1-c1ccccc1)c1ccc(C2CCCCC2)cc1. The van der Waals surface area contributed by atoms with Crippen LogP contribution >= 0.6 is 23.4 Å². The summed E-state index contributed by atoms with van der Waals surface area (Å²) >= 11 is 7.42. The van der Waals surface area contributed by atoms with Crippen LogP contribution in [0.25, 0.3) is 5.69 Å². The largest absolute Gasteiger partial charge is 0.378 e. The number of nitrogens with zero attached hydrogens (tertiary/aromatic N) is 3. The first kappa shape index (κ1) is 24.6. The van der Waals surface area contributed by atoms with Gasteiger partial charge in [-0.1, -0.05) is 85.1 Å². The number of para-hydroxylation sites is 1. The Kier molecular flexibility index (Phi) is 8.04. The fraction of sp³-hybridized carbons (Fsp3) is 0.276. The maximum Gasteiger partial charge on any atom is 0.196 e. The van der Waals surface area contributed by atoms with Crippen molar-refractivity contribution in [2.75, 3.05) is 11.1 Å². The lowest BCUT2D eigenvalue weighted by Gasteiger charge is -2.22. The van der Waals surface area contributed by atoms with Crippen LogP contribution in [-0.2, 0) is 6.54 Å². The Bertz CT molecular complexity index is 1280. The third-order valence-corrected chi connectivity index (χ3v) is 7.83. The van der Waals surface area contributed by atoms with Crippen LogP contribution in [0.3, 0.4) is 0 Å². The first-order valence-electron chi connectivity index (χ1n) is 12.4. The highest BCUT2D eigenvalue weighted by atomic mass is 35.5. The molecule has 0 spiro atoms. The first-order valence-corrected chi connectivity index (χ1v) is 13.8. The number of anilines is 1. The number of carbonyl (C=O) groups is 1. The maximum atomic E-state index is 13.0. The molecule has 1 saturated carbocycles. The second-order valence-corrected chi connectivity index (χ2v) is 10.5. The summed E-state index contributed by atoms with van der Waals surface area (Å²) in [5.41, 5.74) is 4.02. The molecule has 0 bridgehead atoms. The summed E-state index contributed by atoms with van der Waals surface area (Å²) < 4.78 is 2.01. The van der Waals surface area contributed by atoms with E-state index in [2.05, 4.69) is 27.6 Å². The summed E-state index contributed by atoms with van der Waals surface area (Å²) in [7, 11) is 0. The number of hydrogen-bond acceptors (Lipinski definition) is 5. The van der Waals surface area contributed by atoms with E-state index in [0.717, 1.165) is 22.8 Å². The lowest BCUT2D eigenvalue weighted by atomic mass is 9.84. The minimum absolute atomic E-state index is 0.0960. The van der Waals surface area contributed by atoms with E-state index in [9.17, 15) is 4.79 Å². The highest BCUT2D eigenvalue weighted by Gasteiger charge is 2.18. The topological polar surface area (TPSA) is 59.8 Å². The Hall–Kier alpha value is -3.09. The van der Waals surface area contributed by atoms with Gasteiger partial charge in [0.25, 0.3) is 0 Å². The van der Waals surface area contributed by atoms with Crippen LogP contribution in [0, 0.1) is 0 Å². The number of halogens is 1. The van der Waals surface area contributed by atoms with Gasteiger partial charge in [-0.2, -0.15) is 0 Å². The van der Waals surface area contributed by atoms with E-state index in [0.29, 0.717) is 28.4 Å². The molecular formula is C29H29ClN4OS. The van der Waals surface area contributed by atoms with Gasteiger partial charge in [0.15, 0.2) is 16.8 Å². The Labute approximate surface area is 221 Å². The Balaban J connectivity index is 1.28. The highest BCUT2D eigenvalue weighted by Crippen LogP contribution is 2.33. The van der Waals surface area contributed by atoms with Crippen LogP contribution in [0.1, 0.15) is 59.8 Å². The quantitative estimate of drug-likeness (QED) is 0.184. The van der Waals surface area contributed by atoms with E-state index in [1.54, 1.807) is 0 Å². The predicted molar refractivity (Wildman–Crippen MR) is 147 cm³/mol. The average Bonchev–Trinajstić information content (AvgIpc) is 3.35. The highest BCUT2D eigenvalue weighted by molar-refractivity contribution is 7.99. The number of Topliss-reactive ketones (excluding diaryl/α,β-unsaturated/α-hetero) is 1. The minimum Gasteiger partial charge on any atom is -0.378 e. The lowest BCUT2D eigenvalue weighted by molar-refractivity contribution is 0.102. The minimum atomic E-state index is 0.0960. The number of aromatic nitrogens is 3. The molecule has 0 radical (unpaired) electrons. The average molecular weight is 517 g/mol. The molecule has 0 aliphatic heterocycles. The van der Waals surface area contributed by atoms with Crippen molar-refractivity contribution >= 4 is 34.8 Å². The predicted octanol–water partition coefficient (Wildman–Crippen LogP) is 7.56. The van der Waals surface area contributed by atoms with Crippen LogP contribution in [0.2, 0.25) is 5.02 Å². The molecule has 0 amide bonds. The lowest BCUT2D eigenvalue weighted by Crippen LogP contribution is -2.09. The molecular weight excluding hydrogens is 488 g/mol. The van der Waals surface area contributed by atoms with Gasteiger partial charge >= 0.3 is 0 Å². The van der Waals surface area contributed by atoms with E-state index in [1.807, 2.05) is 71.3 Å². The van der Waals surface area contributed by atoms with Crippen molar-refractivity contribution in [3.05, 3.63) is 101 Å². The van der Waals surface area contributed by atoms with Crippen LogP contribution in [-0.4, -0.2) is 26.3 Å². The number of hydrogen-bond donors (Lipinski definition) is 1. The number of thioether (sulfide) groups is 1. The summed E-state index contributed by atoms with van der Waals surface area (Å²) in [6, 6.07) is 25.8. The van der Waals surface area contributed by atoms with Crippen LogP contribution in [0.15, 0.2) is 84.0 Å². The van der Waals surface area contributed by atoms with Gasteiger partial charge in [-0.15, -0.1) is 10.2 Å². The summed E-state index contributed by atoms with van der Waals surface area (Å²) in [5, 5.41) is 13.6. The zero-order valence-electron chi connectivity index (χ0n) is 20.1. The van der Waals surface area contributed by atoms with E-state index in [4.69, 9.17) is 11.6 Å². The van der Waals surface area contributed by atoms with Crippen molar-refractivity contribution in [3.63, 3.8) is 0 Å². The smallest absolute Gasteiger partial charge is 0.196 e. The van der Waals surface area contributed by atoms with Gasteiger partial charge in [0.05, 0.1) is 12.3 Å². The number of benzene rings is 3. The molecule has 4 aromatic rings. The number of nitrogens with one attached hydrogen (secondary N) is 1.